The fraction of sp³-hybridized carbons (Fsp3) is 0.190. The van der Waals surface area contributed by atoms with Crippen molar-refractivity contribution in [3.05, 3.63) is 77.2 Å². The van der Waals surface area contributed by atoms with E-state index >= 15 is 0 Å². The number of rotatable bonds is 7. The summed E-state index contributed by atoms with van der Waals surface area (Å²) in [5, 5.41) is 4.52. The zero-order valence-electron chi connectivity index (χ0n) is 15.6. The summed E-state index contributed by atoms with van der Waals surface area (Å²) >= 11 is 11.7. The Balaban J connectivity index is 1.80. The largest absolute Gasteiger partial charge is 0.497 e. The maximum absolute atomic E-state index is 6.00. The Morgan fingerprint density at radius 3 is 2.50 bits per heavy atom. The van der Waals surface area contributed by atoms with Crippen molar-refractivity contribution in [2.24, 2.45) is 0 Å². The molecule has 0 atom stereocenters. The normalized spacial score (nSPS) is 10.4. The van der Waals surface area contributed by atoms with Crippen LogP contribution in [0.1, 0.15) is 11.3 Å². The molecule has 0 saturated heterocycles. The van der Waals surface area contributed by atoms with E-state index in [1.54, 1.807) is 26.5 Å². The van der Waals surface area contributed by atoms with Crippen molar-refractivity contribution in [2.75, 3.05) is 19.5 Å². The lowest BCUT2D eigenvalue weighted by molar-refractivity contribution is 0.360. The molecular formula is C21H21ClN2O3S. The number of furan rings is 1. The molecule has 7 heteroatoms. The molecule has 28 heavy (non-hydrogen) atoms. The highest BCUT2D eigenvalue weighted by molar-refractivity contribution is 7.80. The predicted molar refractivity (Wildman–Crippen MR) is 115 cm³/mol. The number of hydrogen-bond acceptors (Lipinski definition) is 4. The summed E-state index contributed by atoms with van der Waals surface area (Å²) < 4.78 is 16.2. The van der Waals surface area contributed by atoms with Crippen LogP contribution in [0.3, 0.4) is 0 Å². The Morgan fingerprint density at radius 2 is 1.86 bits per heavy atom. The molecule has 0 fully saturated rings. The van der Waals surface area contributed by atoms with Crippen LogP contribution in [-0.2, 0) is 13.1 Å². The quantitative estimate of drug-likeness (QED) is 0.524. The van der Waals surface area contributed by atoms with E-state index in [4.69, 9.17) is 37.7 Å². The molecule has 0 aliphatic heterocycles. The number of nitrogens with one attached hydrogen (secondary N) is 1. The van der Waals surface area contributed by atoms with Gasteiger partial charge in [-0.05, 0) is 54.2 Å². The summed E-state index contributed by atoms with van der Waals surface area (Å²) in [6.07, 6.45) is 1.65. The second kappa shape index (κ2) is 9.48. The van der Waals surface area contributed by atoms with Crippen molar-refractivity contribution in [3.8, 4) is 11.5 Å². The highest BCUT2D eigenvalue weighted by atomic mass is 35.5. The van der Waals surface area contributed by atoms with Gasteiger partial charge in [-0.3, -0.25) is 0 Å². The summed E-state index contributed by atoms with van der Waals surface area (Å²) in [5.74, 6) is 2.17. The van der Waals surface area contributed by atoms with Crippen molar-refractivity contribution < 1.29 is 13.9 Å². The van der Waals surface area contributed by atoms with Crippen LogP contribution in [0, 0.1) is 0 Å². The highest BCUT2D eigenvalue weighted by Crippen LogP contribution is 2.29. The second-order valence-corrected chi connectivity index (χ2v) is 6.88. The van der Waals surface area contributed by atoms with Gasteiger partial charge in [0.15, 0.2) is 5.11 Å². The van der Waals surface area contributed by atoms with E-state index in [1.165, 1.54) is 0 Å². The lowest BCUT2D eigenvalue weighted by atomic mass is 10.2. The van der Waals surface area contributed by atoms with Crippen LogP contribution in [0.5, 0.6) is 11.5 Å². The third-order valence-electron chi connectivity index (χ3n) is 4.15. The van der Waals surface area contributed by atoms with Crippen molar-refractivity contribution in [1.29, 1.82) is 0 Å². The number of anilines is 1. The minimum Gasteiger partial charge on any atom is -0.497 e. The molecule has 3 aromatic rings. The lowest BCUT2D eigenvalue weighted by Gasteiger charge is -2.26. The Labute approximate surface area is 174 Å². The summed E-state index contributed by atoms with van der Waals surface area (Å²) in [5.41, 5.74) is 1.84. The van der Waals surface area contributed by atoms with E-state index in [1.807, 2.05) is 53.4 Å². The monoisotopic (exact) mass is 416 g/mol. The Morgan fingerprint density at radius 1 is 1.07 bits per heavy atom. The third-order valence-corrected chi connectivity index (χ3v) is 4.76. The zero-order chi connectivity index (χ0) is 19.9. The number of methoxy groups -OCH3 is 2. The first-order chi connectivity index (χ1) is 13.6. The molecule has 5 nitrogen and oxygen atoms in total. The highest BCUT2D eigenvalue weighted by Gasteiger charge is 2.15. The number of benzene rings is 2. The molecule has 3 rings (SSSR count). The molecular weight excluding hydrogens is 396 g/mol. The Kier molecular flexibility index (Phi) is 6.79. The molecule has 0 amide bonds. The van der Waals surface area contributed by atoms with Crippen LogP contribution in [0.2, 0.25) is 5.02 Å². The van der Waals surface area contributed by atoms with Crippen LogP contribution in [0.4, 0.5) is 5.69 Å². The van der Waals surface area contributed by atoms with Gasteiger partial charge in [-0.2, -0.15) is 0 Å². The van der Waals surface area contributed by atoms with Gasteiger partial charge < -0.3 is 24.1 Å². The molecule has 0 saturated carbocycles. The first kappa shape index (κ1) is 20.0. The first-order valence-corrected chi connectivity index (χ1v) is 9.42. The van der Waals surface area contributed by atoms with Gasteiger partial charge in [0.05, 0.1) is 32.7 Å². The SMILES string of the molecule is COc1ccc(NC(=S)N(Cc2ccc(Cl)cc2)Cc2ccco2)c(OC)c1. The van der Waals surface area contributed by atoms with Gasteiger partial charge in [0.2, 0.25) is 0 Å². The van der Waals surface area contributed by atoms with Gasteiger partial charge in [0.1, 0.15) is 17.3 Å². The fourth-order valence-corrected chi connectivity index (χ4v) is 3.06. The van der Waals surface area contributed by atoms with Gasteiger partial charge in [0.25, 0.3) is 0 Å². The van der Waals surface area contributed by atoms with E-state index < -0.39 is 0 Å². The molecule has 0 bridgehead atoms. The minimum absolute atomic E-state index is 0.528. The smallest absolute Gasteiger partial charge is 0.174 e. The van der Waals surface area contributed by atoms with Gasteiger partial charge in [-0.1, -0.05) is 23.7 Å². The second-order valence-electron chi connectivity index (χ2n) is 6.06. The van der Waals surface area contributed by atoms with E-state index in [-0.39, 0.29) is 0 Å². The molecule has 0 spiro atoms. The van der Waals surface area contributed by atoms with Crippen LogP contribution >= 0.6 is 23.8 Å². The number of ether oxygens (including phenoxy) is 2. The zero-order valence-corrected chi connectivity index (χ0v) is 17.2. The molecule has 1 N–H and O–H groups in total. The molecule has 1 heterocycles. The van der Waals surface area contributed by atoms with Crippen LogP contribution < -0.4 is 14.8 Å². The van der Waals surface area contributed by atoms with Crippen molar-refractivity contribution in [2.45, 2.75) is 13.1 Å². The van der Waals surface area contributed by atoms with Gasteiger partial charge >= 0.3 is 0 Å². The fourth-order valence-electron chi connectivity index (χ4n) is 2.70. The predicted octanol–water partition coefficient (Wildman–Crippen LogP) is 5.35. The van der Waals surface area contributed by atoms with Gasteiger partial charge in [-0.25, -0.2) is 0 Å². The molecule has 146 valence electrons. The average molecular weight is 417 g/mol. The van der Waals surface area contributed by atoms with Crippen LogP contribution in [-0.4, -0.2) is 24.2 Å². The molecule has 0 aliphatic rings. The van der Waals surface area contributed by atoms with E-state index in [0.717, 1.165) is 17.0 Å². The maximum atomic E-state index is 6.00. The van der Waals surface area contributed by atoms with Crippen LogP contribution in [0.15, 0.2) is 65.3 Å². The van der Waals surface area contributed by atoms with Crippen molar-refractivity contribution >= 4 is 34.6 Å². The topological polar surface area (TPSA) is 46.9 Å². The summed E-state index contributed by atoms with van der Waals surface area (Å²) in [6, 6.07) is 17.0. The third kappa shape index (κ3) is 5.18. The Hall–Kier alpha value is -2.70. The molecule has 0 aliphatic carbocycles. The average Bonchev–Trinajstić information content (AvgIpc) is 3.22. The van der Waals surface area contributed by atoms with Crippen molar-refractivity contribution in [1.82, 2.24) is 4.90 Å². The minimum atomic E-state index is 0.528. The summed E-state index contributed by atoms with van der Waals surface area (Å²) in [6.45, 7) is 1.13. The number of halogens is 1. The molecule has 2 aromatic carbocycles. The van der Waals surface area contributed by atoms with E-state index in [2.05, 4.69) is 5.32 Å². The standard InChI is InChI=1S/C21H21ClN2O3S/c1-25-17-9-10-19(20(12-17)26-2)23-21(28)24(14-18-4-3-11-27-18)13-15-5-7-16(22)8-6-15/h3-12H,13-14H2,1-2H3,(H,23,28). The van der Waals surface area contributed by atoms with Crippen molar-refractivity contribution in [3.63, 3.8) is 0 Å². The Bertz CT molecular complexity index is 914. The van der Waals surface area contributed by atoms with Crippen LogP contribution in [0.25, 0.3) is 0 Å². The van der Waals surface area contributed by atoms with Gasteiger partial charge in [0, 0.05) is 17.6 Å². The number of nitrogens with zero attached hydrogens (tertiary/aromatic N) is 1. The number of hydrogen-bond donors (Lipinski definition) is 1. The maximum Gasteiger partial charge on any atom is 0.174 e. The molecule has 1 aromatic heterocycles. The molecule has 0 radical (unpaired) electrons. The first-order valence-electron chi connectivity index (χ1n) is 8.64. The van der Waals surface area contributed by atoms with Gasteiger partial charge in [-0.15, -0.1) is 0 Å². The number of thiocarbonyl (C=S) groups is 1. The van der Waals surface area contributed by atoms with E-state index in [0.29, 0.717) is 34.7 Å². The summed E-state index contributed by atoms with van der Waals surface area (Å²) in [7, 11) is 3.22. The molecule has 0 unspecified atom stereocenters. The lowest BCUT2D eigenvalue weighted by Crippen LogP contribution is -2.33. The summed E-state index contributed by atoms with van der Waals surface area (Å²) in [4.78, 5) is 2.01. The van der Waals surface area contributed by atoms with E-state index in [9.17, 15) is 0 Å².